The smallest absolute Gasteiger partial charge is 0.335 e. The highest BCUT2D eigenvalue weighted by molar-refractivity contribution is 6.16. The zero-order chi connectivity index (χ0) is 14.1. The van der Waals surface area contributed by atoms with Gasteiger partial charge in [-0.15, -0.1) is 11.6 Å². The normalized spacial score (nSPS) is 18.1. The largest absolute Gasteiger partial charge is 0.478 e. The molecule has 20 heavy (non-hydrogen) atoms. The molecule has 1 aliphatic heterocycles. The first-order valence-corrected chi connectivity index (χ1v) is 7.12. The number of aromatic nitrogens is 2. The van der Waals surface area contributed by atoms with Crippen LogP contribution in [0.2, 0.25) is 0 Å². The maximum Gasteiger partial charge on any atom is 0.335 e. The number of ether oxygens (including phenoxy) is 1. The summed E-state index contributed by atoms with van der Waals surface area (Å²) in [7, 11) is 0. The van der Waals surface area contributed by atoms with Gasteiger partial charge in [-0.25, -0.2) is 9.78 Å². The molecule has 1 aromatic heterocycles. The number of benzene rings is 1. The molecule has 0 saturated carbocycles. The van der Waals surface area contributed by atoms with Gasteiger partial charge in [0.15, 0.2) is 0 Å². The number of carboxylic acid groups (broad SMARTS) is 1. The monoisotopic (exact) mass is 294 g/mol. The number of hydrogen-bond acceptors (Lipinski definition) is 3. The molecule has 1 aliphatic rings. The zero-order valence-electron chi connectivity index (χ0n) is 10.9. The van der Waals surface area contributed by atoms with Crippen molar-refractivity contribution >= 4 is 28.6 Å². The van der Waals surface area contributed by atoms with Crippen LogP contribution in [-0.2, 0) is 17.2 Å². The van der Waals surface area contributed by atoms with Gasteiger partial charge in [-0.05, 0) is 31.0 Å². The number of carboxylic acids is 1. The fourth-order valence-corrected chi connectivity index (χ4v) is 2.65. The summed E-state index contributed by atoms with van der Waals surface area (Å²) >= 11 is 5.94. The van der Waals surface area contributed by atoms with E-state index in [1.165, 1.54) is 0 Å². The van der Waals surface area contributed by atoms with Crippen molar-refractivity contribution in [2.45, 2.75) is 31.4 Å². The average molecular weight is 295 g/mol. The van der Waals surface area contributed by atoms with Crippen LogP contribution in [0.5, 0.6) is 0 Å². The first kappa shape index (κ1) is 13.4. The fraction of sp³-hybridized carbons (Fsp3) is 0.429. The Kier molecular flexibility index (Phi) is 3.63. The lowest BCUT2D eigenvalue weighted by Crippen LogP contribution is -2.28. The first-order valence-electron chi connectivity index (χ1n) is 6.59. The van der Waals surface area contributed by atoms with E-state index in [9.17, 15) is 4.79 Å². The van der Waals surface area contributed by atoms with E-state index in [1.807, 2.05) is 4.57 Å². The first-order chi connectivity index (χ1) is 9.69. The average Bonchev–Trinajstić information content (AvgIpc) is 2.74. The Hall–Kier alpha value is -1.59. The second kappa shape index (κ2) is 5.42. The Morgan fingerprint density at radius 2 is 2.35 bits per heavy atom. The Morgan fingerprint density at radius 1 is 1.55 bits per heavy atom. The Bertz CT molecular complexity index is 649. The summed E-state index contributed by atoms with van der Waals surface area (Å²) in [5.41, 5.74) is 1.86. The maximum atomic E-state index is 11.1. The van der Waals surface area contributed by atoms with Crippen LogP contribution < -0.4 is 0 Å². The van der Waals surface area contributed by atoms with E-state index in [1.54, 1.807) is 18.2 Å². The second-order valence-corrected chi connectivity index (χ2v) is 5.16. The molecule has 6 heteroatoms. The van der Waals surface area contributed by atoms with Gasteiger partial charge in [0, 0.05) is 13.2 Å². The number of halogens is 1. The van der Waals surface area contributed by atoms with Crippen molar-refractivity contribution in [2.75, 3.05) is 6.61 Å². The van der Waals surface area contributed by atoms with Gasteiger partial charge < -0.3 is 14.4 Å². The molecule has 0 radical (unpaired) electrons. The molecular formula is C14H15ClN2O3. The zero-order valence-corrected chi connectivity index (χ0v) is 11.6. The summed E-state index contributed by atoms with van der Waals surface area (Å²) in [5, 5.41) is 9.09. The van der Waals surface area contributed by atoms with Crippen molar-refractivity contribution in [1.82, 2.24) is 9.55 Å². The van der Waals surface area contributed by atoms with E-state index >= 15 is 0 Å². The van der Waals surface area contributed by atoms with Gasteiger partial charge in [0.2, 0.25) is 0 Å². The van der Waals surface area contributed by atoms with E-state index in [4.69, 9.17) is 21.4 Å². The van der Waals surface area contributed by atoms with Crippen molar-refractivity contribution in [3.8, 4) is 0 Å². The Morgan fingerprint density at radius 3 is 2.95 bits per heavy atom. The molecule has 0 spiro atoms. The number of nitrogens with zero attached hydrogens (tertiary/aromatic N) is 2. The van der Waals surface area contributed by atoms with Crippen LogP contribution in [0.25, 0.3) is 11.0 Å². The second-order valence-electron chi connectivity index (χ2n) is 4.89. The fourth-order valence-electron chi connectivity index (χ4n) is 2.44. The van der Waals surface area contributed by atoms with Gasteiger partial charge in [-0.1, -0.05) is 0 Å². The van der Waals surface area contributed by atoms with Crippen LogP contribution in [0.3, 0.4) is 0 Å². The molecule has 0 unspecified atom stereocenters. The highest BCUT2D eigenvalue weighted by Crippen LogP contribution is 2.22. The van der Waals surface area contributed by atoms with Crippen LogP contribution >= 0.6 is 11.6 Å². The van der Waals surface area contributed by atoms with Gasteiger partial charge in [0.25, 0.3) is 0 Å². The highest BCUT2D eigenvalue weighted by atomic mass is 35.5. The van der Waals surface area contributed by atoms with E-state index in [2.05, 4.69) is 4.98 Å². The van der Waals surface area contributed by atoms with Crippen molar-refractivity contribution < 1.29 is 14.6 Å². The molecule has 2 heterocycles. The summed E-state index contributed by atoms with van der Waals surface area (Å²) in [5.74, 6) is 0.140. The van der Waals surface area contributed by atoms with Crippen LogP contribution in [0, 0.1) is 0 Å². The lowest BCUT2D eigenvalue weighted by Gasteiger charge is -2.26. The van der Waals surface area contributed by atoms with Gasteiger partial charge in [0.05, 0.1) is 28.6 Å². The third-order valence-electron chi connectivity index (χ3n) is 3.66. The molecule has 106 valence electrons. The van der Waals surface area contributed by atoms with E-state index in [0.717, 1.165) is 42.9 Å². The number of hydrogen-bond donors (Lipinski definition) is 1. The van der Waals surface area contributed by atoms with Crippen molar-refractivity contribution in [2.24, 2.45) is 0 Å². The number of imidazole rings is 1. The summed E-state index contributed by atoms with van der Waals surface area (Å²) in [6, 6.07) is 4.95. The lowest BCUT2D eigenvalue weighted by atomic mass is 10.1. The van der Waals surface area contributed by atoms with E-state index in [-0.39, 0.29) is 5.56 Å². The Balaban J connectivity index is 1.96. The number of carbonyl (C=O) groups is 1. The standard InChI is InChI=1S/C14H15ClN2O3/c15-8-13-16-11-2-1-9(14(18)19)7-12(11)17(13)5-3-10-4-6-20-10/h1-2,7,10H,3-6,8H2,(H,18,19)/t10-/m0/s1. The molecule has 1 fully saturated rings. The van der Waals surface area contributed by atoms with Gasteiger partial charge in [-0.2, -0.15) is 0 Å². The van der Waals surface area contributed by atoms with Crippen molar-refractivity contribution in [3.63, 3.8) is 0 Å². The third kappa shape index (κ3) is 2.39. The van der Waals surface area contributed by atoms with Gasteiger partial charge in [-0.3, -0.25) is 0 Å². The van der Waals surface area contributed by atoms with Crippen molar-refractivity contribution in [3.05, 3.63) is 29.6 Å². The quantitative estimate of drug-likeness (QED) is 0.861. The Labute approximate surface area is 121 Å². The minimum Gasteiger partial charge on any atom is -0.478 e. The molecule has 3 rings (SSSR count). The summed E-state index contributed by atoms with van der Waals surface area (Å²) in [4.78, 5) is 15.5. The number of aromatic carboxylic acids is 1. The molecule has 1 N–H and O–H groups in total. The molecule has 0 bridgehead atoms. The molecule has 1 atom stereocenters. The molecule has 1 aromatic carbocycles. The van der Waals surface area contributed by atoms with Crippen LogP contribution in [-0.4, -0.2) is 33.3 Å². The predicted molar refractivity (Wildman–Crippen MR) is 75.2 cm³/mol. The molecule has 2 aromatic rings. The number of aryl methyl sites for hydroxylation is 1. The number of rotatable bonds is 5. The molecule has 0 amide bonds. The minimum absolute atomic E-state index is 0.264. The summed E-state index contributed by atoms with van der Waals surface area (Å²) in [6.45, 7) is 1.58. The maximum absolute atomic E-state index is 11.1. The SMILES string of the molecule is O=C(O)c1ccc2nc(CCl)n(CC[C@H]3CCO3)c2c1. The summed E-state index contributed by atoms with van der Waals surface area (Å²) < 4.78 is 7.41. The molecule has 5 nitrogen and oxygen atoms in total. The number of alkyl halides is 1. The highest BCUT2D eigenvalue weighted by Gasteiger charge is 2.19. The summed E-state index contributed by atoms with van der Waals surface area (Å²) in [6.07, 6.45) is 2.29. The third-order valence-corrected chi connectivity index (χ3v) is 3.90. The van der Waals surface area contributed by atoms with Crippen LogP contribution in [0.15, 0.2) is 18.2 Å². The number of fused-ring (bicyclic) bond motifs is 1. The van der Waals surface area contributed by atoms with Crippen LogP contribution in [0.1, 0.15) is 29.0 Å². The lowest BCUT2D eigenvalue weighted by molar-refractivity contribution is -0.0563. The molecule has 0 aliphatic carbocycles. The van der Waals surface area contributed by atoms with Crippen LogP contribution in [0.4, 0.5) is 0 Å². The molecule has 1 saturated heterocycles. The van der Waals surface area contributed by atoms with Gasteiger partial charge in [0.1, 0.15) is 5.82 Å². The van der Waals surface area contributed by atoms with E-state index in [0.29, 0.717) is 12.0 Å². The minimum atomic E-state index is -0.936. The van der Waals surface area contributed by atoms with Crippen molar-refractivity contribution in [1.29, 1.82) is 0 Å². The van der Waals surface area contributed by atoms with Gasteiger partial charge >= 0.3 is 5.97 Å². The van der Waals surface area contributed by atoms with E-state index < -0.39 is 5.97 Å². The topological polar surface area (TPSA) is 64.3 Å². The molecular weight excluding hydrogens is 280 g/mol. The predicted octanol–water partition coefficient (Wildman–Crippen LogP) is 2.65.